The fraction of sp³-hybridized carbons (Fsp3) is 0.667. The molecular formula is C3Cl3F4. The first-order valence-corrected chi connectivity index (χ1v) is 2.96. The molecule has 7 heteroatoms. The predicted molar refractivity (Wildman–Crippen MR) is 30.7 cm³/mol. The van der Waals surface area contributed by atoms with Crippen molar-refractivity contribution in [3.63, 3.8) is 0 Å². The van der Waals surface area contributed by atoms with Gasteiger partial charge in [-0.1, -0.05) is 34.8 Å². The van der Waals surface area contributed by atoms with E-state index in [2.05, 4.69) is 34.8 Å². The van der Waals surface area contributed by atoms with Crippen molar-refractivity contribution in [3.05, 3.63) is 5.63 Å². The Balaban J connectivity index is 4.40. The normalized spacial score (nSPS) is 14.4. The van der Waals surface area contributed by atoms with E-state index in [1.165, 1.54) is 0 Å². The van der Waals surface area contributed by atoms with Gasteiger partial charge in [-0.2, -0.15) is 13.2 Å². The first-order valence-electron chi connectivity index (χ1n) is 1.82. The number of halogens is 7. The Morgan fingerprint density at radius 2 is 1.40 bits per heavy atom. The minimum Gasteiger partial charge on any atom is -0.217 e. The number of alkyl halides is 5. The summed E-state index contributed by atoms with van der Waals surface area (Å²) in [5.74, 6) is 0. The highest BCUT2D eigenvalue weighted by Crippen LogP contribution is 2.48. The van der Waals surface area contributed by atoms with Crippen molar-refractivity contribution in [1.82, 2.24) is 0 Å². The number of rotatable bonds is 1. The SMILES string of the molecule is F[C](Cl)C(Cl)(Cl)C(F)(F)F. The van der Waals surface area contributed by atoms with E-state index in [0.29, 0.717) is 0 Å². The fourth-order valence-electron chi connectivity index (χ4n) is 0.107. The highest BCUT2D eigenvalue weighted by Gasteiger charge is 2.59. The Morgan fingerprint density at radius 3 is 1.40 bits per heavy atom. The molecule has 0 saturated carbocycles. The average molecular weight is 218 g/mol. The van der Waals surface area contributed by atoms with Crippen LogP contribution >= 0.6 is 34.8 Å². The van der Waals surface area contributed by atoms with Gasteiger partial charge in [0.25, 0.3) is 9.96 Å². The second kappa shape index (κ2) is 2.91. The Bertz CT molecular complexity index is 117. The highest BCUT2D eigenvalue weighted by molar-refractivity contribution is 6.55. The van der Waals surface area contributed by atoms with Crippen LogP contribution in [-0.4, -0.2) is 10.5 Å². The van der Waals surface area contributed by atoms with Crippen LogP contribution < -0.4 is 0 Å². The van der Waals surface area contributed by atoms with Gasteiger partial charge in [0.15, 0.2) is 0 Å². The van der Waals surface area contributed by atoms with E-state index in [1.54, 1.807) is 0 Å². The van der Waals surface area contributed by atoms with Gasteiger partial charge in [-0.05, 0) is 0 Å². The zero-order valence-electron chi connectivity index (χ0n) is 4.15. The van der Waals surface area contributed by atoms with Crippen molar-refractivity contribution in [3.8, 4) is 0 Å². The predicted octanol–water partition coefficient (Wildman–Crippen LogP) is 3.42. The molecule has 0 aliphatic heterocycles. The van der Waals surface area contributed by atoms with E-state index in [0.717, 1.165) is 0 Å². The number of hydrogen-bond donors (Lipinski definition) is 0. The van der Waals surface area contributed by atoms with Gasteiger partial charge in [0, 0.05) is 0 Å². The smallest absolute Gasteiger partial charge is 0.217 e. The topological polar surface area (TPSA) is 0 Å². The van der Waals surface area contributed by atoms with E-state index >= 15 is 0 Å². The average Bonchev–Trinajstić information content (AvgIpc) is 1.62. The lowest BCUT2D eigenvalue weighted by Crippen LogP contribution is -2.36. The van der Waals surface area contributed by atoms with E-state index in [-0.39, 0.29) is 0 Å². The maximum absolute atomic E-state index is 11.7. The van der Waals surface area contributed by atoms with Crippen LogP contribution in [-0.2, 0) is 0 Å². The Kier molecular flexibility index (Phi) is 3.08. The highest BCUT2D eigenvalue weighted by atomic mass is 35.5. The molecule has 0 atom stereocenters. The third-order valence-electron chi connectivity index (χ3n) is 0.593. The minimum absolute atomic E-state index is 2.11. The van der Waals surface area contributed by atoms with Gasteiger partial charge in [-0.15, -0.1) is 0 Å². The second-order valence-corrected chi connectivity index (χ2v) is 2.99. The summed E-state index contributed by atoms with van der Waals surface area (Å²) < 4.78 is 42.5. The molecule has 0 bridgehead atoms. The maximum atomic E-state index is 11.7. The standard InChI is InChI=1S/C3Cl3F4/c4-1(7)2(5,6)3(8,9)10. The molecule has 0 aromatic rings. The van der Waals surface area contributed by atoms with Gasteiger partial charge < -0.3 is 0 Å². The zero-order chi connectivity index (χ0) is 8.58. The second-order valence-electron chi connectivity index (χ2n) is 1.33. The molecule has 0 spiro atoms. The van der Waals surface area contributed by atoms with Gasteiger partial charge in [0.05, 0.1) is 0 Å². The van der Waals surface area contributed by atoms with Crippen LogP contribution in [0.2, 0.25) is 0 Å². The maximum Gasteiger partial charge on any atom is 0.426 e. The van der Waals surface area contributed by atoms with E-state index in [9.17, 15) is 17.6 Å². The lowest BCUT2D eigenvalue weighted by atomic mass is 10.4. The summed E-state index contributed by atoms with van der Waals surface area (Å²) in [7, 11) is 0. The fourth-order valence-corrected chi connectivity index (χ4v) is 0.214. The summed E-state index contributed by atoms with van der Waals surface area (Å²) in [6, 6.07) is 0. The molecule has 0 nitrogen and oxygen atoms in total. The van der Waals surface area contributed by atoms with E-state index < -0.39 is 16.1 Å². The van der Waals surface area contributed by atoms with Crippen LogP contribution in [0.15, 0.2) is 0 Å². The molecule has 0 aromatic heterocycles. The first kappa shape index (κ1) is 10.6. The molecule has 0 aliphatic carbocycles. The van der Waals surface area contributed by atoms with Gasteiger partial charge in [0.2, 0.25) is 0 Å². The summed E-state index contributed by atoms with van der Waals surface area (Å²) >= 11 is 13.2. The summed E-state index contributed by atoms with van der Waals surface area (Å²) in [5.41, 5.74) is -2.11. The quantitative estimate of drug-likeness (QED) is 0.467. The Hall–Kier alpha value is 0.590. The van der Waals surface area contributed by atoms with Gasteiger partial charge in [-0.3, -0.25) is 0 Å². The zero-order valence-corrected chi connectivity index (χ0v) is 6.41. The van der Waals surface area contributed by atoms with Crippen molar-refractivity contribution in [2.24, 2.45) is 0 Å². The molecule has 0 fully saturated rings. The largest absolute Gasteiger partial charge is 0.426 e. The summed E-state index contributed by atoms with van der Waals surface area (Å²) in [6.45, 7) is 0. The molecule has 0 aliphatic rings. The molecular weight excluding hydrogens is 218 g/mol. The molecule has 0 amide bonds. The van der Waals surface area contributed by atoms with E-state index in [1.807, 2.05) is 0 Å². The molecule has 0 aromatic carbocycles. The van der Waals surface area contributed by atoms with Gasteiger partial charge in [0.1, 0.15) is 0 Å². The van der Waals surface area contributed by atoms with Crippen molar-refractivity contribution in [2.45, 2.75) is 10.5 Å². The summed E-state index contributed by atoms with van der Waals surface area (Å²) in [4.78, 5) is 0. The molecule has 10 heavy (non-hydrogen) atoms. The van der Waals surface area contributed by atoms with Crippen LogP contribution in [0.4, 0.5) is 17.6 Å². The van der Waals surface area contributed by atoms with E-state index in [4.69, 9.17) is 0 Å². The van der Waals surface area contributed by atoms with Gasteiger partial charge >= 0.3 is 6.18 Å². The van der Waals surface area contributed by atoms with Crippen molar-refractivity contribution in [1.29, 1.82) is 0 Å². The third-order valence-corrected chi connectivity index (χ3v) is 1.83. The molecule has 0 unspecified atom stereocenters. The van der Waals surface area contributed by atoms with Crippen molar-refractivity contribution < 1.29 is 17.6 Å². The molecule has 1 radical (unpaired) electrons. The van der Waals surface area contributed by atoms with Crippen LogP contribution in [0.1, 0.15) is 0 Å². The van der Waals surface area contributed by atoms with Crippen molar-refractivity contribution in [2.75, 3.05) is 0 Å². The van der Waals surface area contributed by atoms with Crippen LogP contribution in [0, 0.1) is 5.63 Å². The monoisotopic (exact) mass is 217 g/mol. The summed E-state index contributed by atoms with van der Waals surface area (Å²) in [6.07, 6.45) is -5.10. The van der Waals surface area contributed by atoms with Crippen molar-refractivity contribution >= 4 is 34.8 Å². The molecule has 0 rings (SSSR count). The lowest BCUT2D eigenvalue weighted by molar-refractivity contribution is -0.139. The van der Waals surface area contributed by atoms with Crippen LogP contribution in [0.25, 0.3) is 0 Å². The van der Waals surface area contributed by atoms with Crippen LogP contribution in [0.3, 0.4) is 0 Å². The summed E-state index contributed by atoms with van der Waals surface area (Å²) in [5, 5.41) is 0. The Morgan fingerprint density at radius 1 is 1.10 bits per heavy atom. The van der Waals surface area contributed by atoms with Crippen LogP contribution in [0.5, 0.6) is 0 Å². The third kappa shape index (κ3) is 2.04. The Labute approximate surface area is 69.0 Å². The molecule has 0 heterocycles. The number of hydrogen-bond acceptors (Lipinski definition) is 0. The van der Waals surface area contributed by atoms with Gasteiger partial charge in [-0.25, -0.2) is 4.39 Å². The first-order chi connectivity index (χ1) is 4.19. The molecule has 61 valence electrons. The molecule has 0 saturated heterocycles. The minimum atomic E-state index is -5.10. The lowest BCUT2D eigenvalue weighted by Gasteiger charge is -2.20. The molecule has 0 N–H and O–H groups in total.